The Morgan fingerprint density at radius 1 is 1.37 bits per heavy atom. The first-order valence-corrected chi connectivity index (χ1v) is 7.12. The number of rotatable bonds is 4. The number of hydrogen-bond acceptors (Lipinski definition) is 2. The van der Waals surface area contributed by atoms with Crippen LogP contribution in [0.25, 0.3) is 0 Å². The molecule has 0 saturated heterocycles. The van der Waals surface area contributed by atoms with Crippen molar-refractivity contribution in [2.75, 3.05) is 7.11 Å². The van der Waals surface area contributed by atoms with Crippen LogP contribution < -0.4 is 5.32 Å². The minimum absolute atomic E-state index is 0.130. The second kappa shape index (κ2) is 6.92. The molecule has 0 atom stereocenters. The number of halogens is 1. The summed E-state index contributed by atoms with van der Waals surface area (Å²) in [6.07, 6.45) is 4.12. The van der Waals surface area contributed by atoms with Crippen LogP contribution >= 0.6 is 11.6 Å². The van der Waals surface area contributed by atoms with Gasteiger partial charge in [0.15, 0.2) is 0 Å². The van der Waals surface area contributed by atoms with Gasteiger partial charge in [-0.25, -0.2) is 0 Å². The molecule has 0 bridgehead atoms. The summed E-state index contributed by atoms with van der Waals surface area (Å²) in [5, 5.41) is 3.69. The van der Waals surface area contributed by atoms with Crippen LogP contribution in [0.5, 0.6) is 0 Å². The van der Waals surface area contributed by atoms with Crippen molar-refractivity contribution in [2.24, 2.45) is 5.92 Å². The molecule has 0 aliphatic heterocycles. The Kier molecular flexibility index (Phi) is 5.23. The minimum atomic E-state index is 0.130. The summed E-state index contributed by atoms with van der Waals surface area (Å²) in [7, 11) is 1.74. The maximum atomic E-state index is 12.1. The highest BCUT2D eigenvalue weighted by molar-refractivity contribution is 6.30. The number of benzene rings is 1. The zero-order chi connectivity index (χ0) is 13.7. The van der Waals surface area contributed by atoms with Gasteiger partial charge in [0.2, 0.25) is 5.91 Å². The van der Waals surface area contributed by atoms with Crippen molar-refractivity contribution in [1.29, 1.82) is 0 Å². The first-order valence-electron chi connectivity index (χ1n) is 6.74. The van der Waals surface area contributed by atoms with Crippen LogP contribution in [0.4, 0.5) is 0 Å². The topological polar surface area (TPSA) is 38.3 Å². The molecule has 1 aromatic rings. The molecule has 1 aliphatic rings. The highest BCUT2D eigenvalue weighted by Gasteiger charge is 2.25. The molecular weight excluding hydrogens is 262 g/mol. The number of carbonyl (C=O) groups excluding carboxylic acids is 1. The molecule has 0 unspecified atom stereocenters. The molecule has 1 fully saturated rings. The Balaban J connectivity index is 1.79. The van der Waals surface area contributed by atoms with Gasteiger partial charge in [0.25, 0.3) is 0 Å². The summed E-state index contributed by atoms with van der Waals surface area (Å²) < 4.78 is 5.32. The van der Waals surface area contributed by atoms with Crippen molar-refractivity contribution in [1.82, 2.24) is 5.32 Å². The van der Waals surface area contributed by atoms with Gasteiger partial charge in [-0.05, 0) is 43.4 Å². The predicted molar refractivity (Wildman–Crippen MR) is 76.1 cm³/mol. The predicted octanol–water partition coefficient (Wildman–Crippen LogP) is 3.16. The lowest BCUT2D eigenvalue weighted by molar-refractivity contribution is -0.126. The third kappa shape index (κ3) is 4.22. The van der Waals surface area contributed by atoms with Crippen molar-refractivity contribution >= 4 is 17.5 Å². The smallest absolute Gasteiger partial charge is 0.223 e. The summed E-state index contributed by atoms with van der Waals surface area (Å²) >= 11 is 5.91. The first-order chi connectivity index (χ1) is 9.19. The number of ether oxygens (including phenoxy) is 1. The van der Waals surface area contributed by atoms with Gasteiger partial charge in [0.05, 0.1) is 6.10 Å². The van der Waals surface area contributed by atoms with Crippen LogP contribution in [0, 0.1) is 5.92 Å². The van der Waals surface area contributed by atoms with E-state index in [0.717, 1.165) is 31.2 Å². The van der Waals surface area contributed by atoms with Gasteiger partial charge in [0.1, 0.15) is 0 Å². The van der Waals surface area contributed by atoms with Gasteiger partial charge in [-0.15, -0.1) is 0 Å². The summed E-state index contributed by atoms with van der Waals surface area (Å²) in [6.45, 7) is 0.545. The van der Waals surface area contributed by atoms with Gasteiger partial charge in [-0.2, -0.15) is 0 Å². The fraction of sp³-hybridized carbons (Fsp3) is 0.533. The third-order valence-corrected chi connectivity index (χ3v) is 3.97. The van der Waals surface area contributed by atoms with E-state index in [1.807, 2.05) is 24.3 Å². The average Bonchev–Trinajstić information content (AvgIpc) is 2.45. The Morgan fingerprint density at radius 2 is 2.11 bits per heavy atom. The normalized spacial score (nSPS) is 23.1. The van der Waals surface area contributed by atoms with Crippen LogP contribution in [-0.4, -0.2) is 19.1 Å². The zero-order valence-corrected chi connectivity index (χ0v) is 12.0. The quantitative estimate of drug-likeness (QED) is 0.921. The summed E-state index contributed by atoms with van der Waals surface area (Å²) in [6, 6.07) is 7.57. The molecular formula is C15H20ClNO2. The molecule has 104 valence electrons. The van der Waals surface area contributed by atoms with Crippen molar-refractivity contribution in [3.05, 3.63) is 34.9 Å². The van der Waals surface area contributed by atoms with Gasteiger partial charge >= 0.3 is 0 Å². The van der Waals surface area contributed by atoms with E-state index >= 15 is 0 Å². The second-order valence-corrected chi connectivity index (χ2v) is 5.49. The zero-order valence-electron chi connectivity index (χ0n) is 11.2. The molecule has 1 N–H and O–H groups in total. The summed E-state index contributed by atoms with van der Waals surface area (Å²) in [5.74, 6) is 0.278. The van der Waals surface area contributed by atoms with E-state index in [-0.39, 0.29) is 11.8 Å². The summed E-state index contributed by atoms with van der Waals surface area (Å²) in [5.41, 5.74) is 1.03. The second-order valence-electron chi connectivity index (χ2n) is 5.06. The van der Waals surface area contributed by atoms with Gasteiger partial charge in [-0.1, -0.05) is 23.7 Å². The van der Waals surface area contributed by atoms with E-state index in [0.29, 0.717) is 17.7 Å². The largest absolute Gasteiger partial charge is 0.381 e. The van der Waals surface area contributed by atoms with Crippen LogP contribution in [-0.2, 0) is 16.1 Å². The number of nitrogens with one attached hydrogen (secondary N) is 1. The molecule has 1 amide bonds. The highest BCUT2D eigenvalue weighted by Crippen LogP contribution is 2.26. The molecule has 0 spiro atoms. The van der Waals surface area contributed by atoms with Crippen LogP contribution in [0.2, 0.25) is 5.02 Å². The monoisotopic (exact) mass is 281 g/mol. The molecule has 1 aromatic carbocycles. The molecule has 0 radical (unpaired) electrons. The Hall–Kier alpha value is -1.06. The van der Waals surface area contributed by atoms with E-state index in [4.69, 9.17) is 16.3 Å². The standard InChI is InChI=1S/C15H20ClNO2/c1-19-14-7-5-12(6-8-14)15(18)17-10-11-3-2-4-13(16)9-11/h2-4,9,12,14H,5-8,10H2,1H3,(H,17,18). The van der Waals surface area contributed by atoms with Gasteiger partial charge in [-0.3, -0.25) is 4.79 Å². The number of carbonyl (C=O) groups is 1. The van der Waals surface area contributed by atoms with E-state index in [1.54, 1.807) is 7.11 Å². The van der Waals surface area contributed by atoms with E-state index in [1.165, 1.54) is 0 Å². The molecule has 0 aromatic heterocycles. The highest BCUT2D eigenvalue weighted by atomic mass is 35.5. The first kappa shape index (κ1) is 14.4. The lowest BCUT2D eigenvalue weighted by Crippen LogP contribution is -2.34. The van der Waals surface area contributed by atoms with E-state index in [2.05, 4.69) is 5.32 Å². The van der Waals surface area contributed by atoms with Crippen molar-refractivity contribution in [3.8, 4) is 0 Å². The van der Waals surface area contributed by atoms with Crippen molar-refractivity contribution in [2.45, 2.75) is 38.3 Å². The van der Waals surface area contributed by atoms with Crippen LogP contribution in [0.15, 0.2) is 24.3 Å². The Morgan fingerprint density at radius 3 is 2.74 bits per heavy atom. The van der Waals surface area contributed by atoms with Gasteiger partial charge in [0, 0.05) is 24.6 Å². The molecule has 3 nitrogen and oxygen atoms in total. The van der Waals surface area contributed by atoms with Gasteiger partial charge < -0.3 is 10.1 Å². The Labute approximate surface area is 119 Å². The molecule has 19 heavy (non-hydrogen) atoms. The molecule has 1 aliphatic carbocycles. The lowest BCUT2D eigenvalue weighted by Gasteiger charge is -2.26. The average molecular weight is 282 g/mol. The molecule has 1 saturated carbocycles. The van der Waals surface area contributed by atoms with E-state index < -0.39 is 0 Å². The molecule has 4 heteroatoms. The SMILES string of the molecule is COC1CCC(C(=O)NCc2cccc(Cl)c2)CC1. The summed E-state index contributed by atoms with van der Waals surface area (Å²) in [4.78, 5) is 12.1. The number of methoxy groups -OCH3 is 1. The third-order valence-electron chi connectivity index (χ3n) is 3.73. The fourth-order valence-electron chi connectivity index (χ4n) is 2.54. The Bertz CT molecular complexity index is 428. The van der Waals surface area contributed by atoms with Crippen molar-refractivity contribution in [3.63, 3.8) is 0 Å². The molecule has 0 heterocycles. The number of amides is 1. The van der Waals surface area contributed by atoms with Crippen molar-refractivity contribution < 1.29 is 9.53 Å². The number of hydrogen-bond donors (Lipinski definition) is 1. The maximum Gasteiger partial charge on any atom is 0.223 e. The maximum absolute atomic E-state index is 12.1. The lowest BCUT2D eigenvalue weighted by atomic mass is 9.87. The fourth-order valence-corrected chi connectivity index (χ4v) is 2.75. The van der Waals surface area contributed by atoms with Crippen LogP contribution in [0.1, 0.15) is 31.2 Å². The van der Waals surface area contributed by atoms with Crippen LogP contribution in [0.3, 0.4) is 0 Å². The van der Waals surface area contributed by atoms with E-state index in [9.17, 15) is 4.79 Å². The minimum Gasteiger partial charge on any atom is -0.381 e. The molecule has 2 rings (SSSR count).